The minimum absolute atomic E-state index is 0.138. The van der Waals surface area contributed by atoms with Crippen LogP contribution in [0.3, 0.4) is 0 Å². The molecule has 0 atom stereocenters. The summed E-state index contributed by atoms with van der Waals surface area (Å²) >= 11 is 0. The first-order chi connectivity index (χ1) is 7.87. The van der Waals surface area contributed by atoms with Crippen molar-refractivity contribution in [3.63, 3.8) is 0 Å². The lowest BCUT2D eigenvalue weighted by atomic mass is 10.2. The number of carbonyl (C=O) groups excluding carboxylic acids is 1. The topological polar surface area (TPSA) is 63.7 Å². The Labute approximate surface area is 101 Å². The third-order valence-electron chi connectivity index (χ3n) is 2.28. The van der Waals surface area contributed by atoms with Crippen LogP contribution >= 0.6 is 0 Å². The Morgan fingerprint density at radius 1 is 1.24 bits per heavy atom. The molecule has 0 spiro atoms. The van der Waals surface area contributed by atoms with Crippen LogP contribution in [0.15, 0.2) is 29.2 Å². The average molecular weight is 257 g/mol. The van der Waals surface area contributed by atoms with E-state index in [2.05, 4.69) is 4.74 Å². The van der Waals surface area contributed by atoms with Gasteiger partial charge in [-0.3, -0.25) is 4.79 Å². The van der Waals surface area contributed by atoms with Crippen LogP contribution in [0.2, 0.25) is 0 Å². The third-order valence-corrected chi connectivity index (χ3v) is 4.11. The Kier molecular flexibility index (Phi) is 4.25. The SMILES string of the molecule is COC(=O)Cc1ccc(S(=O)(=O)N(C)C)cc1. The maximum absolute atomic E-state index is 11.8. The average Bonchev–Trinajstić information content (AvgIpc) is 2.29. The van der Waals surface area contributed by atoms with Gasteiger partial charge in [-0.15, -0.1) is 0 Å². The van der Waals surface area contributed by atoms with Gasteiger partial charge in [0.2, 0.25) is 10.0 Å². The van der Waals surface area contributed by atoms with Crippen molar-refractivity contribution in [2.45, 2.75) is 11.3 Å². The molecule has 0 saturated carbocycles. The van der Waals surface area contributed by atoms with Crippen molar-refractivity contribution in [1.29, 1.82) is 0 Å². The molecule has 1 aromatic rings. The first kappa shape index (κ1) is 13.7. The van der Waals surface area contributed by atoms with Crippen molar-refractivity contribution in [2.75, 3.05) is 21.2 Å². The summed E-state index contributed by atoms with van der Waals surface area (Å²) < 4.78 is 29.2. The van der Waals surface area contributed by atoms with Crippen LogP contribution in [0.25, 0.3) is 0 Å². The van der Waals surface area contributed by atoms with Crippen LogP contribution in [-0.4, -0.2) is 39.9 Å². The number of carbonyl (C=O) groups is 1. The third kappa shape index (κ3) is 3.28. The summed E-state index contributed by atoms with van der Waals surface area (Å²) in [6.07, 6.45) is 0.138. The molecule has 1 rings (SSSR count). The summed E-state index contributed by atoms with van der Waals surface area (Å²) in [4.78, 5) is 11.2. The Hall–Kier alpha value is -1.40. The molecule has 0 N–H and O–H groups in total. The Bertz CT molecular complexity index is 491. The summed E-state index contributed by atoms with van der Waals surface area (Å²) in [7, 11) is 0.842. The van der Waals surface area contributed by atoms with Gasteiger partial charge >= 0.3 is 5.97 Å². The fourth-order valence-electron chi connectivity index (χ4n) is 1.23. The molecular formula is C11H15NO4S. The van der Waals surface area contributed by atoms with E-state index in [0.717, 1.165) is 9.87 Å². The summed E-state index contributed by atoms with van der Waals surface area (Å²) in [6.45, 7) is 0. The van der Waals surface area contributed by atoms with Crippen molar-refractivity contribution in [3.05, 3.63) is 29.8 Å². The van der Waals surface area contributed by atoms with E-state index in [0.29, 0.717) is 0 Å². The Morgan fingerprint density at radius 2 is 1.76 bits per heavy atom. The molecule has 0 amide bonds. The highest BCUT2D eigenvalue weighted by Crippen LogP contribution is 2.14. The molecule has 5 nitrogen and oxygen atoms in total. The number of hydrogen-bond acceptors (Lipinski definition) is 4. The standard InChI is InChI=1S/C11H15NO4S/c1-12(2)17(14,15)10-6-4-9(5-7-10)8-11(13)16-3/h4-7H,8H2,1-3H3. The second kappa shape index (κ2) is 5.29. The number of rotatable bonds is 4. The first-order valence-electron chi connectivity index (χ1n) is 4.96. The van der Waals surface area contributed by atoms with E-state index in [1.54, 1.807) is 12.1 Å². The Morgan fingerprint density at radius 3 is 2.18 bits per heavy atom. The summed E-state index contributed by atoms with van der Waals surface area (Å²) in [6, 6.07) is 6.17. The molecule has 0 unspecified atom stereocenters. The van der Waals surface area contributed by atoms with Crippen molar-refractivity contribution >= 4 is 16.0 Å². The highest BCUT2D eigenvalue weighted by Gasteiger charge is 2.16. The normalized spacial score (nSPS) is 11.5. The van der Waals surface area contributed by atoms with Crippen LogP contribution in [0.1, 0.15) is 5.56 Å². The monoisotopic (exact) mass is 257 g/mol. The lowest BCUT2D eigenvalue weighted by molar-refractivity contribution is -0.139. The van der Waals surface area contributed by atoms with E-state index in [4.69, 9.17) is 0 Å². The predicted molar refractivity (Wildman–Crippen MR) is 63.0 cm³/mol. The predicted octanol–water partition coefficient (Wildman–Crippen LogP) is 0.652. The van der Waals surface area contributed by atoms with Crippen LogP contribution in [0.4, 0.5) is 0 Å². The number of ether oxygens (including phenoxy) is 1. The molecule has 0 aliphatic heterocycles. The van der Waals surface area contributed by atoms with Crippen LogP contribution in [0.5, 0.6) is 0 Å². The zero-order chi connectivity index (χ0) is 13.1. The van der Waals surface area contributed by atoms with Crippen molar-refractivity contribution in [3.8, 4) is 0 Å². The largest absolute Gasteiger partial charge is 0.469 e. The molecule has 0 heterocycles. The van der Waals surface area contributed by atoms with Gasteiger partial charge in [-0.1, -0.05) is 12.1 Å². The summed E-state index contributed by atoms with van der Waals surface area (Å²) in [5.41, 5.74) is 0.717. The van der Waals surface area contributed by atoms with Gasteiger partial charge in [-0.2, -0.15) is 0 Å². The molecule has 0 aliphatic carbocycles. The van der Waals surface area contributed by atoms with E-state index in [9.17, 15) is 13.2 Å². The molecule has 0 saturated heterocycles. The van der Waals surface area contributed by atoms with Gasteiger partial charge in [0.25, 0.3) is 0 Å². The number of hydrogen-bond donors (Lipinski definition) is 0. The van der Waals surface area contributed by atoms with E-state index in [-0.39, 0.29) is 17.3 Å². The van der Waals surface area contributed by atoms with Gasteiger partial charge in [-0.25, -0.2) is 12.7 Å². The number of esters is 1. The lowest BCUT2D eigenvalue weighted by Crippen LogP contribution is -2.22. The van der Waals surface area contributed by atoms with Gasteiger partial charge < -0.3 is 4.74 Å². The highest BCUT2D eigenvalue weighted by molar-refractivity contribution is 7.89. The number of methoxy groups -OCH3 is 1. The number of benzene rings is 1. The molecule has 17 heavy (non-hydrogen) atoms. The number of sulfonamides is 1. The van der Waals surface area contributed by atoms with Crippen LogP contribution in [-0.2, 0) is 26.0 Å². The van der Waals surface area contributed by atoms with Gasteiger partial charge in [0.15, 0.2) is 0 Å². The molecule has 0 aliphatic rings. The van der Waals surface area contributed by atoms with E-state index < -0.39 is 10.0 Å². The van der Waals surface area contributed by atoms with E-state index in [1.165, 1.54) is 33.3 Å². The summed E-state index contributed by atoms with van der Waals surface area (Å²) in [5.74, 6) is -0.354. The summed E-state index contributed by atoms with van der Waals surface area (Å²) in [5, 5.41) is 0. The maximum Gasteiger partial charge on any atom is 0.309 e. The molecule has 0 radical (unpaired) electrons. The minimum atomic E-state index is -3.41. The molecule has 0 fully saturated rings. The molecule has 0 bridgehead atoms. The quantitative estimate of drug-likeness (QED) is 0.743. The van der Waals surface area contributed by atoms with Gasteiger partial charge in [0.1, 0.15) is 0 Å². The van der Waals surface area contributed by atoms with Crippen LogP contribution < -0.4 is 0 Å². The maximum atomic E-state index is 11.8. The zero-order valence-corrected chi connectivity index (χ0v) is 10.8. The lowest BCUT2D eigenvalue weighted by Gasteiger charge is -2.11. The van der Waals surface area contributed by atoms with Crippen LogP contribution in [0, 0.1) is 0 Å². The van der Waals surface area contributed by atoms with Gasteiger partial charge in [-0.05, 0) is 17.7 Å². The van der Waals surface area contributed by atoms with Gasteiger partial charge in [0, 0.05) is 14.1 Å². The second-order valence-corrected chi connectivity index (χ2v) is 5.84. The smallest absolute Gasteiger partial charge is 0.309 e. The molecule has 0 aromatic heterocycles. The van der Waals surface area contributed by atoms with Crippen molar-refractivity contribution in [2.24, 2.45) is 0 Å². The van der Waals surface area contributed by atoms with E-state index >= 15 is 0 Å². The minimum Gasteiger partial charge on any atom is -0.469 e. The van der Waals surface area contributed by atoms with Crippen molar-refractivity contribution < 1.29 is 17.9 Å². The first-order valence-corrected chi connectivity index (χ1v) is 6.40. The second-order valence-electron chi connectivity index (χ2n) is 3.68. The Balaban J connectivity index is 2.93. The molecule has 1 aromatic carbocycles. The number of nitrogens with zero attached hydrogens (tertiary/aromatic N) is 1. The van der Waals surface area contributed by atoms with Gasteiger partial charge in [0.05, 0.1) is 18.4 Å². The zero-order valence-electron chi connectivity index (χ0n) is 10.0. The fraction of sp³-hybridized carbons (Fsp3) is 0.364. The highest BCUT2D eigenvalue weighted by atomic mass is 32.2. The molecule has 94 valence electrons. The van der Waals surface area contributed by atoms with E-state index in [1.807, 2.05) is 0 Å². The fourth-order valence-corrected chi connectivity index (χ4v) is 2.13. The van der Waals surface area contributed by atoms with Crippen molar-refractivity contribution in [1.82, 2.24) is 4.31 Å². The molecule has 6 heteroatoms. The molecular weight excluding hydrogens is 242 g/mol.